The molecule has 1 aliphatic rings. The Labute approximate surface area is 159 Å². The fourth-order valence-corrected chi connectivity index (χ4v) is 3.43. The number of H-pyrrole nitrogens is 1. The Bertz CT molecular complexity index is 976. The Morgan fingerprint density at radius 2 is 1.86 bits per heavy atom. The summed E-state index contributed by atoms with van der Waals surface area (Å²) in [6.45, 7) is 1.75. The number of aromatic nitrogens is 4. The van der Waals surface area contributed by atoms with Crippen molar-refractivity contribution in [2.45, 2.75) is 24.9 Å². The van der Waals surface area contributed by atoms with Crippen LogP contribution in [0.1, 0.15) is 30.1 Å². The number of aromatic amines is 1. The lowest BCUT2D eigenvalue weighted by atomic mass is 9.98. The maximum Gasteiger partial charge on any atom is 0.416 e. The summed E-state index contributed by atoms with van der Waals surface area (Å²) < 4.78 is 39.6. The van der Waals surface area contributed by atoms with Gasteiger partial charge in [-0.1, -0.05) is 12.1 Å². The summed E-state index contributed by atoms with van der Waals surface area (Å²) in [5.41, 5.74) is 6.82. The number of halogens is 3. The zero-order chi connectivity index (χ0) is 19.7. The molecular formula is C19H19F3N6. The van der Waals surface area contributed by atoms with E-state index in [-0.39, 0.29) is 11.9 Å². The minimum atomic E-state index is -4.43. The number of hydrogen-bond acceptors (Lipinski definition) is 5. The summed E-state index contributed by atoms with van der Waals surface area (Å²) in [5, 5.41) is 3.30. The SMILES string of the molecule is Nc1nccc(-c2[nH]c(C3CCNCC3)nc2-c2cccc(C(F)(F)F)c2)n1. The van der Waals surface area contributed by atoms with Crippen LogP contribution >= 0.6 is 0 Å². The largest absolute Gasteiger partial charge is 0.416 e. The Balaban J connectivity index is 1.84. The number of benzene rings is 1. The van der Waals surface area contributed by atoms with Gasteiger partial charge in [0.15, 0.2) is 0 Å². The molecule has 3 aromatic rings. The first-order valence-electron chi connectivity index (χ1n) is 8.99. The normalized spacial score (nSPS) is 15.7. The zero-order valence-corrected chi connectivity index (χ0v) is 14.9. The van der Waals surface area contributed by atoms with Gasteiger partial charge in [-0.3, -0.25) is 0 Å². The average Bonchev–Trinajstić information content (AvgIpc) is 3.14. The summed E-state index contributed by atoms with van der Waals surface area (Å²) >= 11 is 0. The van der Waals surface area contributed by atoms with Gasteiger partial charge in [-0.2, -0.15) is 13.2 Å². The van der Waals surface area contributed by atoms with Gasteiger partial charge < -0.3 is 16.0 Å². The fraction of sp³-hybridized carbons (Fsp3) is 0.316. The highest BCUT2D eigenvalue weighted by Crippen LogP contribution is 2.36. The summed E-state index contributed by atoms with van der Waals surface area (Å²) in [6, 6.07) is 6.82. The van der Waals surface area contributed by atoms with Crippen molar-refractivity contribution in [1.82, 2.24) is 25.3 Å². The fourth-order valence-electron chi connectivity index (χ4n) is 3.43. The highest BCUT2D eigenvalue weighted by atomic mass is 19.4. The van der Waals surface area contributed by atoms with E-state index < -0.39 is 11.7 Å². The number of rotatable bonds is 3. The van der Waals surface area contributed by atoms with Gasteiger partial charge in [-0.15, -0.1) is 0 Å². The third kappa shape index (κ3) is 3.70. The van der Waals surface area contributed by atoms with E-state index in [0.29, 0.717) is 22.6 Å². The molecule has 1 aromatic carbocycles. The number of nitrogen functional groups attached to an aromatic ring is 1. The molecule has 1 saturated heterocycles. The summed E-state index contributed by atoms with van der Waals surface area (Å²) in [7, 11) is 0. The highest BCUT2D eigenvalue weighted by Gasteiger charge is 2.31. The van der Waals surface area contributed by atoms with E-state index in [0.717, 1.165) is 43.9 Å². The second-order valence-electron chi connectivity index (χ2n) is 6.75. The molecule has 0 radical (unpaired) electrons. The molecule has 0 spiro atoms. The molecule has 0 saturated carbocycles. The van der Waals surface area contributed by atoms with E-state index in [1.165, 1.54) is 12.3 Å². The van der Waals surface area contributed by atoms with Crippen LogP contribution in [0, 0.1) is 0 Å². The zero-order valence-electron chi connectivity index (χ0n) is 14.9. The van der Waals surface area contributed by atoms with Crippen molar-refractivity contribution in [1.29, 1.82) is 0 Å². The van der Waals surface area contributed by atoms with Crippen LogP contribution in [0.15, 0.2) is 36.5 Å². The first-order valence-corrected chi connectivity index (χ1v) is 8.99. The van der Waals surface area contributed by atoms with Gasteiger partial charge in [-0.05, 0) is 44.1 Å². The van der Waals surface area contributed by atoms with Crippen molar-refractivity contribution in [3.8, 4) is 22.6 Å². The van der Waals surface area contributed by atoms with E-state index >= 15 is 0 Å². The van der Waals surface area contributed by atoms with Crippen LogP contribution in [0.3, 0.4) is 0 Å². The van der Waals surface area contributed by atoms with Crippen LogP contribution in [-0.2, 0) is 6.18 Å². The summed E-state index contributed by atoms with van der Waals surface area (Å²) in [6.07, 6.45) is -1.11. The van der Waals surface area contributed by atoms with Crippen molar-refractivity contribution in [3.63, 3.8) is 0 Å². The number of alkyl halides is 3. The maximum absolute atomic E-state index is 13.2. The third-order valence-corrected chi connectivity index (χ3v) is 4.84. The Morgan fingerprint density at radius 3 is 2.57 bits per heavy atom. The number of imidazole rings is 1. The number of nitrogens with one attached hydrogen (secondary N) is 2. The predicted molar refractivity (Wildman–Crippen MR) is 99.3 cm³/mol. The van der Waals surface area contributed by atoms with Gasteiger partial charge in [0.1, 0.15) is 5.82 Å². The molecule has 3 heterocycles. The molecule has 0 bridgehead atoms. The van der Waals surface area contributed by atoms with Gasteiger partial charge in [0.25, 0.3) is 0 Å². The molecule has 1 aliphatic heterocycles. The molecule has 28 heavy (non-hydrogen) atoms. The van der Waals surface area contributed by atoms with Crippen molar-refractivity contribution >= 4 is 5.95 Å². The van der Waals surface area contributed by atoms with Crippen molar-refractivity contribution in [2.75, 3.05) is 18.8 Å². The van der Waals surface area contributed by atoms with Crippen molar-refractivity contribution in [3.05, 3.63) is 47.9 Å². The van der Waals surface area contributed by atoms with E-state index in [1.807, 2.05) is 0 Å². The number of anilines is 1. The minimum Gasteiger partial charge on any atom is -0.368 e. The standard InChI is InChI=1S/C19H19F3N6/c20-19(21,22)13-3-1-2-12(10-13)15-16(14-6-9-25-18(23)26-14)28-17(27-15)11-4-7-24-8-5-11/h1-3,6,9-11,24H,4-5,7-8H2,(H,27,28)(H2,23,25,26). The second kappa shape index (κ2) is 7.23. The molecule has 0 amide bonds. The topological polar surface area (TPSA) is 92.5 Å². The number of piperidine rings is 1. The molecule has 9 heteroatoms. The van der Waals surface area contributed by atoms with Gasteiger partial charge in [0.2, 0.25) is 5.95 Å². The first-order chi connectivity index (χ1) is 13.4. The number of nitrogens with two attached hydrogens (primary N) is 1. The molecule has 4 N–H and O–H groups in total. The molecule has 2 aromatic heterocycles. The Kier molecular flexibility index (Phi) is 4.76. The maximum atomic E-state index is 13.2. The minimum absolute atomic E-state index is 0.0884. The van der Waals surface area contributed by atoms with Crippen LogP contribution < -0.4 is 11.1 Å². The van der Waals surface area contributed by atoms with Gasteiger partial charge in [-0.25, -0.2) is 15.0 Å². The predicted octanol–water partition coefficient (Wildman–Crippen LogP) is 3.60. The third-order valence-electron chi connectivity index (χ3n) is 4.84. The number of nitrogens with zero attached hydrogens (tertiary/aromatic N) is 3. The average molecular weight is 388 g/mol. The van der Waals surface area contributed by atoms with Crippen LogP contribution in [0.25, 0.3) is 22.6 Å². The van der Waals surface area contributed by atoms with Gasteiger partial charge >= 0.3 is 6.18 Å². The molecule has 0 aliphatic carbocycles. The quantitative estimate of drug-likeness (QED) is 0.638. The summed E-state index contributed by atoms with van der Waals surface area (Å²) in [4.78, 5) is 16.1. The van der Waals surface area contributed by atoms with E-state index in [2.05, 4.69) is 25.3 Å². The van der Waals surface area contributed by atoms with Gasteiger partial charge in [0, 0.05) is 17.7 Å². The number of hydrogen-bond donors (Lipinski definition) is 3. The van der Waals surface area contributed by atoms with Crippen LogP contribution in [0.2, 0.25) is 0 Å². The monoisotopic (exact) mass is 388 g/mol. The van der Waals surface area contributed by atoms with Crippen molar-refractivity contribution < 1.29 is 13.2 Å². The van der Waals surface area contributed by atoms with E-state index in [1.54, 1.807) is 12.1 Å². The Hall–Kier alpha value is -2.94. The lowest BCUT2D eigenvalue weighted by molar-refractivity contribution is -0.137. The van der Waals surface area contributed by atoms with Crippen LogP contribution in [0.4, 0.5) is 19.1 Å². The molecular weight excluding hydrogens is 369 g/mol. The van der Waals surface area contributed by atoms with Gasteiger partial charge in [0.05, 0.1) is 22.6 Å². The summed E-state index contributed by atoms with van der Waals surface area (Å²) in [5.74, 6) is 1.05. The second-order valence-corrected chi connectivity index (χ2v) is 6.75. The first kappa shape index (κ1) is 18.4. The van der Waals surface area contributed by atoms with Crippen LogP contribution in [-0.4, -0.2) is 33.0 Å². The molecule has 0 atom stereocenters. The van der Waals surface area contributed by atoms with Crippen LogP contribution in [0.5, 0.6) is 0 Å². The molecule has 6 nitrogen and oxygen atoms in total. The Morgan fingerprint density at radius 1 is 1.07 bits per heavy atom. The molecule has 0 unspecified atom stereocenters. The smallest absolute Gasteiger partial charge is 0.368 e. The molecule has 4 rings (SSSR count). The molecule has 1 fully saturated rings. The highest BCUT2D eigenvalue weighted by molar-refractivity contribution is 5.77. The lowest BCUT2D eigenvalue weighted by Gasteiger charge is -2.20. The van der Waals surface area contributed by atoms with E-state index in [9.17, 15) is 13.2 Å². The van der Waals surface area contributed by atoms with Crippen molar-refractivity contribution in [2.24, 2.45) is 0 Å². The van der Waals surface area contributed by atoms with E-state index in [4.69, 9.17) is 5.73 Å². The molecule has 146 valence electrons. The lowest BCUT2D eigenvalue weighted by Crippen LogP contribution is -2.27.